The molecule has 0 bridgehead atoms. The molecule has 0 radical (unpaired) electrons. The van der Waals surface area contributed by atoms with E-state index in [0.29, 0.717) is 0 Å². The first-order valence-electron chi connectivity index (χ1n) is 9.15. The van der Waals surface area contributed by atoms with Crippen LogP contribution in [-0.4, -0.2) is 55.5 Å². The lowest BCUT2D eigenvalue weighted by Gasteiger charge is -2.22. The van der Waals surface area contributed by atoms with Gasteiger partial charge in [0.1, 0.15) is 5.82 Å². The van der Waals surface area contributed by atoms with Gasteiger partial charge >= 0.3 is 0 Å². The molecule has 1 saturated heterocycles. The lowest BCUT2D eigenvalue weighted by Crippen LogP contribution is -2.38. The Kier molecular flexibility index (Phi) is 8.02. The average Bonchev–Trinajstić information content (AvgIpc) is 3.09. The van der Waals surface area contributed by atoms with Gasteiger partial charge in [0.05, 0.1) is 0 Å². The van der Waals surface area contributed by atoms with Crippen LogP contribution < -0.4 is 5.32 Å². The smallest absolute Gasteiger partial charge is 0.193 e. The highest BCUT2D eigenvalue weighted by atomic mass is 19.1. The van der Waals surface area contributed by atoms with Crippen LogP contribution in [0.2, 0.25) is 0 Å². The zero-order valence-electron chi connectivity index (χ0n) is 15.1. The maximum atomic E-state index is 13.0. The molecule has 0 unspecified atom stereocenters. The quantitative estimate of drug-likeness (QED) is 0.450. The summed E-state index contributed by atoms with van der Waals surface area (Å²) in [6.45, 7) is 8.24. The van der Waals surface area contributed by atoms with Crippen LogP contribution in [0.15, 0.2) is 29.3 Å². The van der Waals surface area contributed by atoms with Crippen molar-refractivity contribution in [2.24, 2.45) is 4.99 Å². The van der Waals surface area contributed by atoms with Crippen molar-refractivity contribution in [3.8, 4) is 0 Å². The first-order chi connectivity index (χ1) is 11.7. The van der Waals surface area contributed by atoms with Crippen molar-refractivity contribution < 1.29 is 4.39 Å². The number of hydrogen-bond acceptors (Lipinski definition) is 2. The second-order valence-electron chi connectivity index (χ2n) is 6.47. The fraction of sp³-hybridized carbons (Fsp3) is 0.632. The van der Waals surface area contributed by atoms with Crippen LogP contribution in [-0.2, 0) is 6.54 Å². The van der Waals surface area contributed by atoms with Crippen molar-refractivity contribution in [2.45, 2.75) is 39.2 Å². The van der Waals surface area contributed by atoms with E-state index in [0.717, 1.165) is 37.6 Å². The predicted octanol–water partition coefficient (Wildman–Crippen LogP) is 3.10. The van der Waals surface area contributed by atoms with Gasteiger partial charge in [0.2, 0.25) is 0 Å². The number of hydrogen-bond donors (Lipinski definition) is 1. The fourth-order valence-corrected chi connectivity index (χ4v) is 3.05. The molecular weight excluding hydrogens is 303 g/mol. The lowest BCUT2D eigenvalue weighted by atomic mass is 10.2. The minimum Gasteiger partial charge on any atom is -0.357 e. The maximum Gasteiger partial charge on any atom is 0.193 e. The molecule has 0 amide bonds. The number of benzene rings is 1. The number of halogens is 1. The number of rotatable bonds is 8. The normalized spacial score (nSPS) is 15.7. The number of nitrogens with one attached hydrogen (secondary N) is 1. The van der Waals surface area contributed by atoms with E-state index in [4.69, 9.17) is 4.99 Å². The van der Waals surface area contributed by atoms with Gasteiger partial charge in [-0.2, -0.15) is 0 Å². The molecule has 1 aromatic carbocycles. The monoisotopic (exact) mass is 334 g/mol. The van der Waals surface area contributed by atoms with Crippen molar-refractivity contribution in [1.82, 2.24) is 15.1 Å². The summed E-state index contributed by atoms with van der Waals surface area (Å²) in [7, 11) is 2.02. The molecule has 1 fully saturated rings. The van der Waals surface area contributed by atoms with Gasteiger partial charge in [-0.1, -0.05) is 12.1 Å². The summed E-state index contributed by atoms with van der Waals surface area (Å²) < 4.78 is 13.0. The third-order valence-electron chi connectivity index (χ3n) is 4.37. The average molecular weight is 334 g/mol. The summed E-state index contributed by atoms with van der Waals surface area (Å²) >= 11 is 0. The van der Waals surface area contributed by atoms with Gasteiger partial charge in [0.15, 0.2) is 5.96 Å². The molecule has 1 N–H and O–H groups in total. The third-order valence-corrected chi connectivity index (χ3v) is 4.37. The molecule has 2 rings (SSSR count). The van der Waals surface area contributed by atoms with E-state index in [2.05, 4.69) is 22.0 Å². The van der Waals surface area contributed by atoms with Crippen LogP contribution in [0.1, 0.15) is 38.2 Å². The zero-order chi connectivity index (χ0) is 17.2. The molecule has 1 heterocycles. The van der Waals surface area contributed by atoms with Gasteiger partial charge in [0.25, 0.3) is 0 Å². The molecule has 1 aliphatic rings. The van der Waals surface area contributed by atoms with E-state index >= 15 is 0 Å². The van der Waals surface area contributed by atoms with Crippen molar-refractivity contribution in [1.29, 1.82) is 0 Å². The summed E-state index contributed by atoms with van der Waals surface area (Å²) in [5, 5.41) is 3.34. The van der Waals surface area contributed by atoms with E-state index in [-0.39, 0.29) is 5.82 Å². The van der Waals surface area contributed by atoms with Crippen LogP contribution in [0.25, 0.3) is 0 Å². The predicted molar refractivity (Wildman–Crippen MR) is 98.8 cm³/mol. The van der Waals surface area contributed by atoms with Crippen LogP contribution in [0.5, 0.6) is 0 Å². The maximum absolute atomic E-state index is 13.0. The molecule has 24 heavy (non-hydrogen) atoms. The number of aliphatic imine (C=N–C) groups is 1. The van der Waals surface area contributed by atoms with E-state index in [9.17, 15) is 4.39 Å². The van der Waals surface area contributed by atoms with Gasteiger partial charge < -0.3 is 15.1 Å². The van der Waals surface area contributed by atoms with E-state index in [1.54, 1.807) is 0 Å². The molecule has 5 heteroatoms. The fourth-order valence-electron chi connectivity index (χ4n) is 3.05. The molecule has 1 aromatic rings. The van der Waals surface area contributed by atoms with Crippen molar-refractivity contribution in [2.75, 3.05) is 39.8 Å². The first-order valence-corrected chi connectivity index (χ1v) is 9.15. The number of nitrogens with zero attached hydrogens (tertiary/aromatic N) is 3. The van der Waals surface area contributed by atoms with Crippen LogP contribution in [0.3, 0.4) is 0 Å². The molecule has 0 aliphatic carbocycles. The van der Waals surface area contributed by atoms with Crippen molar-refractivity contribution in [3.63, 3.8) is 0 Å². The summed E-state index contributed by atoms with van der Waals surface area (Å²) in [5.41, 5.74) is 1.08. The Bertz CT molecular complexity index is 495. The minimum atomic E-state index is -0.194. The molecule has 0 saturated carbocycles. The Balaban J connectivity index is 1.76. The molecule has 1 aliphatic heterocycles. The Hall–Kier alpha value is -1.62. The van der Waals surface area contributed by atoms with E-state index < -0.39 is 0 Å². The molecule has 134 valence electrons. The standard InChI is InChI=1S/C19H31FN4/c1-3-21-19(22-12-4-5-13-24-14-6-7-15-24)23(2)16-17-8-10-18(20)11-9-17/h8-11H,3-7,12-16H2,1-2H3,(H,21,22). The zero-order valence-corrected chi connectivity index (χ0v) is 15.1. The Morgan fingerprint density at radius 1 is 1.21 bits per heavy atom. The molecule has 0 aromatic heterocycles. The van der Waals surface area contributed by atoms with Crippen LogP contribution in [0.4, 0.5) is 4.39 Å². The van der Waals surface area contributed by atoms with E-state index in [1.807, 2.05) is 19.2 Å². The molecule has 4 nitrogen and oxygen atoms in total. The lowest BCUT2D eigenvalue weighted by molar-refractivity contribution is 0.331. The molecule has 0 spiro atoms. The summed E-state index contributed by atoms with van der Waals surface area (Å²) in [6.07, 6.45) is 5.05. The highest BCUT2D eigenvalue weighted by Gasteiger charge is 2.10. The van der Waals surface area contributed by atoms with Gasteiger partial charge in [-0.25, -0.2) is 4.39 Å². The number of likely N-dealkylation sites (tertiary alicyclic amines) is 1. The van der Waals surface area contributed by atoms with Crippen molar-refractivity contribution >= 4 is 5.96 Å². The molecule has 0 atom stereocenters. The van der Waals surface area contributed by atoms with Crippen molar-refractivity contribution in [3.05, 3.63) is 35.6 Å². The largest absolute Gasteiger partial charge is 0.357 e. The Labute approximate surface area is 145 Å². The highest BCUT2D eigenvalue weighted by molar-refractivity contribution is 5.79. The summed E-state index contributed by atoms with van der Waals surface area (Å²) in [6, 6.07) is 6.66. The van der Waals surface area contributed by atoms with Crippen LogP contribution in [0, 0.1) is 5.82 Å². The van der Waals surface area contributed by atoms with Crippen LogP contribution >= 0.6 is 0 Å². The summed E-state index contributed by atoms with van der Waals surface area (Å²) in [5.74, 6) is 0.725. The number of guanidine groups is 1. The summed E-state index contributed by atoms with van der Waals surface area (Å²) in [4.78, 5) is 9.38. The highest BCUT2D eigenvalue weighted by Crippen LogP contribution is 2.09. The van der Waals surface area contributed by atoms with Gasteiger partial charge in [-0.05, 0) is 69.9 Å². The number of unbranched alkanes of at least 4 members (excludes halogenated alkanes) is 1. The Morgan fingerprint density at radius 2 is 1.92 bits per heavy atom. The topological polar surface area (TPSA) is 30.9 Å². The molecular formula is C19H31FN4. The first kappa shape index (κ1) is 18.7. The SMILES string of the molecule is CCNC(=NCCCCN1CCCC1)N(C)Cc1ccc(F)cc1. The second kappa shape index (κ2) is 10.3. The Morgan fingerprint density at radius 3 is 2.58 bits per heavy atom. The van der Waals surface area contributed by atoms with Gasteiger partial charge in [0, 0.05) is 26.7 Å². The third kappa shape index (κ3) is 6.48. The minimum absolute atomic E-state index is 0.194. The van der Waals surface area contributed by atoms with Gasteiger partial charge in [-0.15, -0.1) is 0 Å². The second-order valence-corrected chi connectivity index (χ2v) is 6.47. The van der Waals surface area contributed by atoms with Gasteiger partial charge in [-0.3, -0.25) is 4.99 Å². The van der Waals surface area contributed by atoms with E-state index in [1.165, 1.54) is 51.0 Å².